The van der Waals surface area contributed by atoms with Gasteiger partial charge in [-0.2, -0.15) is 0 Å². The summed E-state index contributed by atoms with van der Waals surface area (Å²) < 4.78 is 6.13. The predicted octanol–water partition coefficient (Wildman–Crippen LogP) is 13.0. The molecule has 0 saturated carbocycles. The van der Waals surface area contributed by atoms with Gasteiger partial charge in [0.05, 0.1) is 0 Å². The van der Waals surface area contributed by atoms with Crippen molar-refractivity contribution >= 4 is 32.7 Å². The zero-order valence-electron chi connectivity index (χ0n) is 30.4. The van der Waals surface area contributed by atoms with Crippen molar-refractivity contribution in [1.29, 1.82) is 0 Å². The molecule has 0 bridgehead atoms. The average Bonchev–Trinajstić information content (AvgIpc) is 3.56. The summed E-state index contributed by atoms with van der Waals surface area (Å²) in [6, 6.07) is 51.0. The van der Waals surface area contributed by atoms with Crippen LogP contribution in [0.1, 0.15) is 27.8 Å². The molecule has 0 spiro atoms. The normalized spacial score (nSPS) is 11.0. The Morgan fingerprint density at radius 3 is 2.09 bits per heavy atom. The average molecular weight is 863 g/mol. The van der Waals surface area contributed by atoms with Crippen LogP contribution in [0.15, 0.2) is 144 Å². The van der Waals surface area contributed by atoms with E-state index in [1.54, 1.807) is 0 Å². The van der Waals surface area contributed by atoms with E-state index in [4.69, 9.17) is 9.40 Å². The Balaban J connectivity index is 0.000000229. The van der Waals surface area contributed by atoms with Crippen LogP contribution >= 0.6 is 0 Å². The number of benzene rings is 6. The van der Waals surface area contributed by atoms with Gasteiger partial charge in [0.2, 0.25) is 0 Å². The SMILES string of the molecule is Cc1c[c-]c(-c2cc(C)c(C)cn2)cc1.Cc1cccc(C)c1-c1ccnc(-c2[c-]ccc(-c3cccc4c3ccc3oc5ccccc5c34)c2)c1.[Ir]. The monoisotopic (exact) mass is 863 g/mol. The zero-order valence-corrected chi connectivity index (χ0v) is 32.8. The first-order chi connectivity index (χ1) is 25.3. The molecule has 0 saturated heterocycles. The maximum absolute atomic E-state index is 6.13. The van der Waals surface area contributed by atoms with Gasteiger partial charge >= 0.3 is 0 Å². The Bertz CT molecular complexity index is 2720. The summed E-state index contributed by atoms with van der Waals surface area (Å²) in [6.07, 6.45) is 3.81. The third kappa shape index (κ3) is 7.09. The summed E-state index contributed by atoms with van der Waals surface area (Å²) in [5, 5.41) is 4.72. The van der Waals surface area contributed by atoms with Crippen LogP contribution in [0, 0.1) is 46.8 Å². The fraction of sp³-hybridized carbons (Fsp3) is 0.102. The van der Waals surface area contributed by atoms with Gasteiger partial charge in [0, 0.05) is 43.3 Å². The number of hydrogen-bond acceptors (Lipinski definition) is 3. The van der Waals surface area contributed by atoms with E-state index in [2.05, 4.69) is 155 Å². The third-order valence-electron chi connectivity index (χ3n) is 9.93. The van der Waals surface area contributed by atoms with Crippen molar-refractivity contribution in [3.05, 3.63) is 180 Å². The second-order valence-corrected chi connectivity index (χ2v) is 13.6. The molecule has 6 aromatic carbocycles. The van der Waals surface area contributed by atoms with Crippen LogP contribution < -0.4 is 0 Å². The van der Waals surface area contributed by atoms with Gasteiger partial charge in [0.25, 0.3) is 0 Å². The molecule has 9 aromatic rings. The Labute approximate surface area is 324 Å². The minimum absolute atomic E-state index is 0. The maximum atomic E-state index is 6.13. The number of rotatable bonds is 4. The van der Waals surface area contributed by atoms with Gasteiger partial charge < -0.3 is 14.4 Å². The van der Waals surface area contributed by atoms with Crippen LogP contribution in [-0.4, -0.2) is 9.97 Å². The van der Waals surface area contributed by atoms with Crippen LogP contribution in [-0.2, 0) is 20.1 Å². The smallest absolute Gasteiger partial charge is 0.136 e. The Morgan fingerprint density at radius 1 is 0.528 bits per heavy atom. The summed E-state index contributed by atoms with van der Waals surface area (Å²) in [5.41, 5.74) is 16.8. The molecule has 0 fully saturated rings. The van der Waals surface area contributed by atoms with Gasteiger partial charge in [0.1, 0.15) is 11.2 Å². The first kappa shape index (κ1) is 35.7. The third-order valence-corrected chi connectivity index (χ3v) is 9.93. The molecule has 0 aliphatic heterocycles. The number of nitrogens with zero attached hydrogens (tertiary/aromatic N) is 2. The molecular formula is C49H38IrN2O-2. The molecule has 0 amide bonds. The van der Waals surface area contributed by atoms with E-state index in [0.717, 1.165) is 44.6 Å². The van der Waals surface area contributed by atoms with Gasteiger partial charge in [-0.05, 0) is 101 Å². The number of hydrogen-bond donors (Lipinski definition) is 0. The minimum Gasteiger partial charge on any atom is -0.456 e. The van der Waals surface area contributed by atoms with E-state index in [1.807, 2.05) is 36.7 Å². The molecule has 9 rings (SSSR count). The van der Waals surface area contributed by atoms with Crippen molar-refractivity contribution < 1.29 is 24.5 Å². The standard InChI is InChI=1S/C35H24NO.C14H14N.Ir/c1-22-8-5-9-23(2)34(22)26-18-19-36-31(21-26)25-11-6-10-24(20-25)27-13-7-14-29-28(27)16-17-33-35(29)30-12-3-4-15-32(30)37-33;1-10-4-6-13(7-5-10)14-8-11(2)12(3)9-15-14;/h3-10,12-21H,1-2H3;4-6,8-9H,1-3H3;/q2*-1;. The predicted molar refractivity (Wildman–Crippen MR) is 216 cm³/mol. The van der Waals surface area contributed by atoms with E-state index in [0.29, 0.717) is 0 Å². The van der Waals surface area contributed by atoms with E-state index in [9.17, 15) is 0 Å². The van der Waals surface area contributed by atoms with E-state index in [1.165, 1.54) is 60.7 Å². The minimum atomic E-state index is 0. The quantitative estimate of drug-likeness (QED) is 0.166. The van der Waals surface area contributed by atoms with Crippen LogP contribution in [0.2, 0.25) is 0 Å². The van der Waals surface area contributed by atoms with Crippen molar-refractivity contribution in [2.24, 2.45) is 0 Å². The molecule has 1 radical (unpaired) electrons. The number of aryl methyl sites for hydroxylation is 5. The van der Waals surface area contributed by atoms with Crippen molar-refractivity contribution in [2.45, 2.75) is 34.6 Å². The maximum Gasteiger partial charge on any atom is 0.136 e. The topological polar surface area (TPSA) is 38.9 Å². The van der Waals surface area contributed by atoms with Crippen molar-refractivity contribution in [3.8, 4) is 44.8 Å². The zero-order chi connectivity index (χ0) is 35.8. The molecule has 3 nitrogen and oxygen atoms in total. The Kier molecular flexibility index (Phi) is 10.2. The molecule has 0 unspecified atom stereocenters. The summed E-state index contributed by atoms with van der Waals surface area (Å²) >= 11 is 0. The molecule has 0 N–H and O–H groups in total. The summed E-state index contributed by atoms with van der Waals surface area (Å²) in [4.78, 5) is 9.12. The van der Waals surface area contributed by atoms with E-state index in [-0.39, 0.29) is 20.1 Å². The number of aromatic nitrogens is 2. The van der Waals surface area contributed by atoms with Gasteiger partial charge in [-0.25, -0.2) is 0 Å². The van der Waals surface area contributed by atoms with Gasteiger partial charge in [0.15, 0.2) is 0 Å². The van der Waals surface area contributed by atoms with Crippen LogP contribution in [0.5, 0.6) is 0 Å². The number of pyridine rings is 2. The molecule has 0 aliphatic carbocycles. The van der Waals surface area contributed by atoms with Gasteiger partial charge in [-0.3, -0.25) is 0 Å². The molecule has 0 atom stereocenters. The van der Waals surface area contributed by atoms with Gasteiger partial charge in [-0.15, -0.1) is 70.8 Å². The van der Waals surface area contributed by atoms with Gasteiger partial charge in [-0.1, -0.05) is 85.3 Å². The van der Waals surface area contributed by atoms with E-state index < -0.39 is 0 Å². The Morgan fingerprint density at radius 2 is 1.30 bits per heavy atom. The molecule has 53 heavy (non-hydrogen) atoms. The van der Waals surface area contributed by atoms with Crippen molar-refractivity contribution in [3.63, 3.8) is 0 Å². The summed E-state index contributed by atoms with van der Waals surface area (Å²) in [5.74, 6) is 0. The van der Waals surface area contributed by atoms with E-state index >= 15 is 0 Å². The fourth-order valence-corrected chi connectivity index (χ4v) is 7.05. The number of furan rings is 1. The second-order valence-electron chi connectivity index (χ2n) is 13.6. The Hall–Kier alpha value is -5.67. The van der Waals surface area contributed by atoms with Crippen LogP contribution in [0.4, 0.5) is 0 Å². The molecule has 4 heteroatoms. The summed E-state index contributed by atoms with van der Waals surface area (Å²) in [7, 11) is 0. The van der Waals surface area contributed by atoms with Crippen molar-refractivity contribution in [1.82, 2.24) is 9.97 Å². The first-order valence-corrected chi connectivity index (χ1v) is 17.6. The number of para-hydroxylation sites is 1. The van der Waals surface area contributed by atoms with Crippen LogP contribution in [0.3, 0.4) is 0 Å². The van der Waals surface area contributed by atoms with Crippen LogP contribution in [0.25, 0.3) is 77.5 Å². The largest absolute Gasteiger partial charge is 0.456 e. The second kappa shape index (κ2) is 15.1. The molecule has 3 aromatic heterocycles. The number of fused-ring (bicyclic) bond motifs is 5. The molecule has 0 aliphatic rings. The van der Waals surface area contributed by atoms with Crippen molar-refractivity contribution in [2.75, 3.05) is 0 Å². The molecule has 261 valence electrons. The fourth-order valence-electron chi connectivity index (χ4n) is 7.05. The first-order valence-electron chi connectivity index (χ1n) is 17.6. The molecule has 3 heterocycles. The molecular weight excluding hydrogens is 825 g/mol. The summed E-state index contributed by atoms with van der Waals surface area (Å²) in [6.45, 7) is 10.6.